The van der Waals surface area contributed by atoms with Gasteiger partial charge in [0.15, 0.2) is 17.6 Å². The van der Waals surface area contributed by atoms with Gasteiger partial charge in [0.1, 0.15) is 5.52 Å². The van der Waals surface area contributed by atoms with E-state index in [1.165, 1.54) is 0 Å². The third-order valence-corrected chi connectivity index (χ3v) is 2.91. The van der Waals surface area contributed by atoms with Crippen molar-refractivity contribution in [1.29, 1.82) is 0 Å². The summed E-state index contributed by atoms with van der Waals surface area (Å²) < 4.78 is 10.6. The number of hydrogen-bond donors (Lipinski definition) is 1. The van der Waals surface area contributed by atoms with Crippen molar-refractivity contribution in [3.63, 3.8) is 0 Å². The Kier molecular flexibility index (Phi) is 4.92. The first-order valence-electron chi connectivity index (χ1n) is 6.91. The molecular formula is C15H18N2O4. The van der Waals surface area contributed by atoms with Gasteiger partial charge in [-0.05, 0) is 26.0 Å². The number of nitrogens with zero attached hydrogens (tertiary/aromatic N) is 1. The van der Waals surface area contributed by atoms with E-state index in [2.05, 4.69) is 10.3 Å². The molecule has 0 aliphatic carbocycles. The van der Waals surface area contributed by atoms with Gasteiger partial charge < -0.3 is 14.5 Å². The molecule has 0 aliphatic heterocycles. The van der Waals surface area contributed by atoms with E-state index in [9.17, 15) is 9.59 Å². The van der Waals surface area contributed by atoms with Crippen LogP contribution in [0.15, 0.2) is 28.7 Å². The van der Waals surface area contributed by atoms with Gasteiger partial charge in [-0.1, -0.05) is 12.1 Å². The third-order valence-electron chi connectivity index (χ3n) is 2.91. The molecule has 1 aromatic heterocycles. The van der Waals surface area contributed by atoms with E-state index in [-0.39, 0.29) is 12.3 Å². The zero-order valence-electron chi connectivity index (χ0n) is 12.1. The molecule has 0 saturated carbocycles. The highest BCUT2D eigenvalue weighted by Crippen LogP contribution is 2.15. The number of para-hydroxylation sites is 2. The summed E-state index contributed by atoms with van der Waals surface area (Å²) in [7, 11) is 0. The van der Waals surface area contributed by atoms with E-state index in [1.54, 1.807) is 13.8 Å². The molecule has 0 radical (unpaired) electrons. The van der Waals surface area contributed by atoms with Crippen LogP contribution in [0.4, 0.5) is 0 Å². The first kappa shape index (κ1) is 15.0. The lowest BCUT2D eigenvalue weighted by molar-refractivity contribution is -0.154. The molecule has 2 rings (SSSR count). The number of carbonyl (C=O) groups excluding carboxylic acids is 2. The number of carbonyl (C=O) groups is 2. The number of oxazole rings is 1. The van der Waals surface area contributed by atoms with Gasteiger partial charge in [-0.2, -0.15) is 0 Å². The van der Waals surface area contributed by atoms with Crippen molar-refractivity contribution in [3.05, 3.63) is 30.2 Å². The predicted octanol–water partition coefficient (Wildman–Crippen LogP) is 1.83. The highest BCUT2D eigenvalue weighted by Gasteiger charge is 2.17. The Bertz CT molecular complexity index is 602. The normalized spacial score (nSPS) is 12.1. The van der Waals surface area contributed by atoms with Crippen LogP contribution >= 0.6 is 0 Å². The number of amides is 1. The molecular weight excluding hydrogens is 272 g/mol. The van der Waals surface area contributed by atoms with Crippen molar-refractivity contribution in [2.24, 2.45) is 0 Å². The minimum absolute atomic E-state index is 0.122. The molecule has 0 fully saturated rings. The average molecular weight is 290 g/mol. The monoisotopic (exact) mass is 290 g/mol. The number of hydrogen-bond acceptors (Lipinski definition) is 5. The van der Waals surface area contributed by atoms with E-state index in [0.717, 1.165) is 5.52 Å². The third kappa shape index (κ3) is 4.05. The summed E-state index contributed by atoms with van der Waals surface area (Å²) in [5.41, 5.74) is 1.45. The molecule has 1 aromatic carbocycles. The standard InChI is InChI=1S/C15H18N2O4/c1-3-16-15(19)10(2)20-14(18)9-8-13-17-11-6-4-5-7-12(11)21-13/h4-7,10H,3,8-9H2,1-2H3,(H,16,19)/t10-/m0/s1. The molecule has 1 heterocycles. The lowest BCUT2D eigenvalue weighted by Gasteiger charge is -2.12. The number of likely N-dealkylation sites (N-methyl/N-ethyl adjacent to an activating group) is 1. The van der Waals surface area contributed by atoms with E-state index < -0.39 is 12.1 Å². The molecule has 6 heteroatoms. The van der Waals surface area contributed by atoms with E-state index >= 15 is 0 Å². The van der Waals surface area contributed by atoms with Gasteiger partial charge in [0.25, 0.3) is 5.91 Å². The van der Waals surface area contributed by atoms with Crippen LogP contribution in [-0.4, -0.2) is 29.5 Å². The molecule has 0 bridgehead atoms. The molecule has 0 saturated heterocycles. The Morgan fingerprint density at radius 3 is 2.86 bits per heavy atom. The van der Waals surface area contributed by atoms with Crippen LogP contribution < -0.4 is 5.32 Å². The smallest absolute Gasteiger partial charge is 0.307 e. The van der Waals surface area contributed by atoms with Crippen LogP contribution in [0.2, 0.25) is 0 Å². The average Bonchev–Trinajstić information content (AvgIpc) is 2.88. The fourth-order valence-corrected chi connectivity index (χ4v) is 1.86. The lowest BCUT2D eigenvalue weighted by Crippen LogP contribution is -2.35. The second-order valence-corrected chi connectivity index (χ2v) is 4.60. The number of ether oxygens (including phenoxy) is 1. The zero-order valence-corrected chi connectivity index (χ0v) is 12.1. The first-order valence-corrected chi connectivity index (χ1v) is 6.91. The van der Waals surface area contributed by atoms with Gasteiger partial charge in [0, 0.05) is 13.0 Å². The highest BCUT2D eigenvalue weighted by molar-refractivity contribution is 5.83. The summed E-state index contributed by atoms with van der Waals surface area (Å²) in [4.78, 5) is 27.4. The van der Waals surface area contributed by atoms with Crippen molar-refractivity contribution >= 4 is 23.0 Å². The van der Waals surface area contributed by atoms with E-state index in [0.29, 0.717) is 24.4 Å². The fourth-order valence-electron chi connectivity index (χ4n) is 1.86. The molecule has 0 unspecified atom stereocenters. The highest BCUT2D eigenvalue weighted by atomic mass is 16.5. The number of aryl methyl sites for hydroxylation is 1. The van der Waals surface area contributed by atoms with Crippen LogP contribution in [0.1, 0.15) is 26.2 Å². The molecule has 112 valence electrons. The second-order valence-electron chi connectivity index (χ2n) is 4.60. The zero-order chi connectivity index (χ0) is 15.2. The Labute approximate surface area is 122 Å². The van der Waals surface area contributed by atoms with Crippen LogP contribution in [0.5, 0.6) is 0 Å². The van der Waals surface area contributed by atoms with Crippen LogP contribution in [-0.2, 0) is 20.7 Å². The summed E-state index contributed by atoms with van der Waals surface area (Å²) in [6.45, 7) is 3.85. The van der Waals surface area contributed by atoms with Gasteiger partial charge in [-0.15, -0.1) is 0 Å². The molecule has 6 nitrogen and oxygen atoms in total. The molecule has 21 heavy (non-hydrogen) atoms. The maximum atomic E-state index is 11.7. The minimum atomic E-state index is -0.791. The van der Waals surface area contributed by atoms with Crippen LogP contribution in [0.3, 0.4) is 0 Å². The van der Waals surface area contributed by atoms with Crippen molar-refractivity contribution in [3.8, 4) is 0 Å². The predicted molar refractivity (Wildman–Crippen MR) is 76.6 cm³/mol. The van der Waals surface area contributed by atoms with E-state index in [1.807, 2.05) is 24.3 Å². The number of esters is 1. The largest absolute Gasteiger partial charge is 0.453 e. The van der Waals surface area contributed by atoms with Gasteiger partial charge in [0.2, 0.25) is 0 Å². The van der Waals surface area contributed by atoms with Crippen LogP contribution in [0, 0.1) is 0 Å². The number of nitrogens with one attached hydrogen (secondary N) is 1. The maximum Gasteiger partial charge on any atom is 0.307 e. The molecule has 0 spiro atoms. The number of rotatable bonds is 6. The summed E-state index contributed by atoms with van der Waals surface area (Å²) in [6, 6.07) is 7.40. The van der Waals surface area contributed by atoms with Gasteiger partial charge in [-0.25, -0.2) is 4.98 Å². The van der Waals surface area contributed by atoms with Crippen molar-refractivity contribution in [2.45, 2.75) is 32.8 Å². The minimum Gasteiger partial charge on any atom is -0.453 e. The number of fused-ring (bicyclic) bond motifs is 1. The summed E-state index contributed by atoms with van der Waals surface area (Å²) in [6.07, 6.45) is -0.326. The van der Waals surface area contributed by atoms with Crippen LogP contribution in [0.25, 0.3) is 11.1 Å². The molecule has 1 amide bonds. The Hall–Kier alpha value is -2.37. The van der Waals surface area contributed by atoms with E-state index in [4.69, 9.17) is 9.15 Å². The maximum absolute atomic E-state index is 11.7. The van der Waals surface area contributed by atoms with Gasteiger partial charge in [-0.3, -0.25) is 9.59 Å². The quantitative estimate of drug-likeness (QED) is 0.821. The fraction of sp³-hybridized carbons (Fsp3) is 0.400. The molecule has 1 atom stereocenters. The summed E-state index contributed by atoms with van der Waals surface area (Å²) in [5, 5.41) is 2.60. The number of aromatic nitrogens is 1. The topological polar surface area (TPSA) is 81.4 Å². The first-order chi connectivity index (χ1) is 10.1. The van der Waals surface area contributed by atoms with Crippen molar-refractivity contribution in [2.75, 3.05) is 6.54 Å². The Balaban J connectivity index is 1.84. The summed E-state index contributed by atoms with van der Waals surface area (Å²) in [5.74, 6) is -0.262. The molecule has 1 N–H and O–H groups in total. The SMILES string of the molecule is CCNC(=O)[C@H](C)OC(=O)CCc1nc2ccccc2o1. The Morgan fingerprint density at radius 1 is 1.38 bits per heavy atom. The number of benzene rings is 1. The molecule has 0 aliphatic rings. The Morgan fingerprint density at radius 2 is 2.14 bits per heavy atom. The van der Waals surface area contributed by atoms with Crippen molar-refractivity contribution in [1.82, 2.24) is 10.3 Å². The molecule has 2 aromatic rings. The lowest BCUT2D eigenvalue weighted by atomic mass is 10.3. The second kappa shape index (κ2) is 6.88. The summed E-state index contributed by atoms with van der Waals surface area (Å²) >= 11 is 0. The van der Waals surface area contributed by atoms with Gasteiger partial charge in [0.05, 0.1) is 6.42 Å². The van der Waals surface area contributed by atoms with Crippen molar-refractivity contribution < 1.29 is 18.7 Å². The van der Waals surface area contributed by atoms with Gasteiger partial charge >= 0.3 is 5.97 Å².